The number of aromatic nitrogens is 1. The van der Waals surface area contributed by atoms with E-state index in [1.807, 2.05) is 0 Å². The molecule has 1 fully saturated rings. The highest BCUT2D eigenvalue weighted by molar-refractivity contribution is 5.87. The molecule has 1 aliphatic rings. The highest BCUT2D eigenvalue weighted by atomic mass is 15.2. The van der Waals surface area contributed by atoms with Gasteiger partial charge in [0, 0.05) is 31.6 Å². The van der Waals surface area contributed by atoms with Crippen LogP contribution in [0.25, 0.3) is 10.9 Å². The Morgan fingerprint density at radius 3 is 2.47 bits per heavy atom. The fraction of sp³-hybridized carbons (Fsp3) is 0.438. The van der Waals surface area contributed by atoms with E-state index in [1.54, 1.807) is 0 Å². The first-order valence-electron chi connectivity index (χ1n) is 6.99. The number of piperazine rings is 1. The predicted octanol–water partition coefficient (Wildman–Crippen LogP) is 2.57. The lowest BCUT2D eigenvalue weighted by Gasteiger charge is -2.29. The first kappa shape index (κ1) is 12.4. The summed E-state index contributed by atoms with van der Waals surface area (Å²) in [4.78, 5) is 7.28. The minimum absolute atomic E-state index is 1.04. The maximum Gasteiger partial charge on any atom is 0.129 e. The molecule has 1 N–H and O–H groups in total. The van der Waals surface area contributed by atoms with Crippen LogP contribution in [-0.4, -0.2) is 31.2 Å². The van der Waals surface area contributed by atoms with Gasteiger partial charge in [0.05, 0.1) is 5.52 Å². The van der Waals surface area contributed by atoms with Crippen molar-refractivity contribution in [2.45, 2.75) is 20.8 Å². The Morgan fingerprint density at radius 1 is 1.00 bits per heavy atom. The number of hydrogen-bond donors (Lipinski definition) is 1. The topological polar surface area (TPSA) is 28.2 Å². The molecule has 1 aromatic carbocycles. The smallest absolute Gasteiger partial charge is 0.129 e. The second-order valence-electron chi connectivity index (χ2n) is 5.51. The average Bonchev–Trinajstić information content (AvgIpc) is 2.41. The lowest BCUT2D eigenvalue weighted by molar-refractivity contribution is 0.585. The van der Waals surface area contributed by atoms with E-state index >= 15 is 0 Å². The van der Waals surface area contributed by atoms with Crippen molar-refractivity contribution in [3.63, 3.8) is 0 Å². The minimum atomic E-state index is 1.04. The Kier molecular flexibility index (Phi) is 3.15. The fourth-order valence-corrected chi connectivity index (χ4v) is 2.88. The lowest BCUT2D eigenvalue weighted by atomic mass is 10.0. The number of pyridine rings is 1. The number of nitrogens with one attached hydrogen (secondary N) is 1. The molecule has 0 aliphatic carbocycles. The molecule has 0 amide bonds. The maximum absolute atomic E-state index is 4.90. The SMILES string of the molecule is Cc1cc(C)c2nc(N3CCNCC3)cc(C)c2c1. The van der Waals surface area contributed by atoms with E-state index in [0.717, 1.165) is 37.5 Å². The van der Waals surface area contributed by atoms with Gasteiger partial charge in [-0.3, -0.25) is 0 Å². The molecule has 0 unspecified atom stereocenters. The van der Waals surface area contributed by atoms with Crippen molar-refractivity contribution < 1.29 is 0 Å². The third-order valence-corrected chi connectivity index (χ3v) is 3.88. The van der Waals surface area contributed by atoms with E-state index in [0.29, 0.717) is 0 Å². The van der Waals surface area contributed by atoms with E-state index in [-0.39, 0.29) is 0 Å². The molecule has 3 nitrogen and oxygen atoms in total. The first-order chi connectivity index (χ1) is 9.15. The molecule has 0 saturated carbocycles. The van der Waals surface area contributed by atoms with Crippen molar-refractivity contribution in [1.29, 1.82) is 0 Å². The zero-order valence-electron chi connectivity index (χ0n) is 12.0. The number of nitrogens with zero attached hydrogens (tertiary/aromatic N) is 2. The van der Waals surface area contributed by atoms with Gasteiger partial charge in [0.15, 0.2) is 0 Å². The molecule has 0 bridgehead atoms. The third kappa shape index (κ3) is 2.30. The second-order valence-corrected chi connectivity index (χ2v) is 5.51. The lowest BCUT2D eigenvalue weighted by Crippen LogP contribution is -2.43. The monoisotopic (exact) mass is 255 g/mol. The Morgan fingerprint density at radius 2 is 1.74 bits per heavy atom. The largest absolute Gasteiger partial charge is 0.354 e. The first-order valence-corrected chi connectivity index (χ1v) is 6.99. The summed E-state index contributed by atoms with van der Waals surface area (Å²) < 4.78 is 0. The standard InChI is InChI=1S/C16H21N3/c1-11-8-13(3)16-14(9-11)12(2)10-15(18-16)19-6-4-17-5-7-19/h8-10,17H,4-7H2,1-3H3. The van der Waals surface area contributed by atoms with Crippen LogP contribution in [0.5, 0.6) is 0 Å². The Hall–Kier alpha value is -1.61. The normalized spacial score (nSPS) is 16.1. The van der Waals surface area contributed by atoms with Crippen molar-refractivity contribution in [2.75, 3.05) is 31.1 Å². The molecular weight excluding hydrogens is 234 g/mol. The summed E-state index contributed by atoms with van der Waals surface area (Å²) in [5, 5.41) is 4.67. The summed E-state index contributed by atoms with van der Waals surface area (Å²) in [7, 11) is 0. The molecule has 3 rings (SSSR count). The highest BCUT2D eigenvalue weighted by Gasteiger charge is 2.14. The molecular formula is C16H21N3. The fourth-order valence-electron chi connectivity index (χ4n) is 2.88. The number of benzene rings is 1. The van der Waals surface area contributed by atoms with Crippen molar-refractivity contribution >= 4 is 16.7 Å². The summed E-state index contributed by atoms with van der Waals surface area (Å²) in [5.74, 6) is 1.12. The number of rotatable bonds is 1. The van der Waals surface area contributed by atoms with E-state index in [9.17, 15) is 0 Å². The summed E-state index contributed by atoms with van der Waals surface area (Å²) >= 11 is 0. The van der Waals surface area contributed by atoms with E-state index in [1.165, 1.54) is 22.1 Å². The van der Waals surface area contributed by atoms with Gasteiger partial charge in [0.1, 0.15) is 5.82 Å². The van der Waals surface area contributed by atoms with Crippen LogP contribution in [0.4, 0.5) is 5.82 Å². The van der Waals surface area contributed by atoms with Gasteiger partial charge in [-0.2, -0.15) is 0 Å². The van der Waals surface area contributed by atoms with Crippen molar-refractivity contribution in [3.8, 4) is 0 Å². The predicted molar refractivity (Wildman–Crippen MR) is 81.0 cm³/mol. The van der Waals surface area contributed by atoms with Crippen LogP contribution in [0.1, 0.15) is 16.7 Å². The van der Waals surface area contributed by atoms with Crippen LogP contribution in [-0.2, 0) is 0 Å². The van der Waals surface area contributed by atoms with E-state index < -0.39 is 0 Å². The third-order valence-electron chi connectivity index (χ3n) is 3.88. The molecule has 0 radical (unpaired) electrons. The molecule has 3 heteroatoms. The zero-order valence-corrected chi connectivity index (χ0v) is 12.0. The molecule has 2 heterocycles. The Bertz CT molecular complexity index is 613. The molecule has 19 heavy (non-hydrogen) atoms. The van der Waals surface area contributed by atoms with Gasteiger partial charge in [-0.15, -0.1) is 0 Å². The molecule has 2 aromatic rings. The van der Waals surface area contributed by atoms with Crippen LogP contribution in [0.3, 0.4) is 0 Å². The van der Waals surface area contributed by atoms with Gasteiger partial charge in [-0.1, -0.05) is 11.6 Å². The van der Waals surface area contributed by atoms with Crippen molar-refractivity contribution in [2.24, 2.45) is 0 Å². The summed E-state index contributed by atoms with van der Waals surface area (Å²) in [6.45, 7) is 10.7. The molecule has 100 valence electrons. The number of hydrogen-bond acceptors (Lipinski definition) is 3. The Balaban J connectivity index is 2.13. The molecule has 1 aromatic heterocycles. The molecule has 0 atom stereocenters. The van der Waals surface area contributed by atoms with Gasteiger partial charge >= 0.3 is 0 Å². The summed E-state index contributed by atoms with van der Waals surface area (Å²) in [5.41, 5.74) is 5.06. The van der Waals surface area contributed by atoms with E-state index in [4.69, 9.17) is 4.98 Å². The Labute approximate surface area is 114 Å². The van der Waals surface area contributed by atoms with Gasteiger partial charge < -0.3 is 10.2 Å². The van der Waals surface area contributed by atoms with Crippen LogP contribution >= 0.6 is 0 Å². The van der Waals surface area contributed by atoms with Crippen LogP contribution < -0.4 is 10.2 Å². The molecule has 0 spiro atoms. The van der Waals surface area contributed by atoms with Crippen molar-refractivity contribution in [3.05, 3.63) is 34.9 Å². The average molecular weight is 255 g/mol. The maximum atomic E-state index is 4.90. The number of anilines is 1. The zero-order chi connectivity index (χ0) is 13.4. The highest BCUT2D eigenvalue weighted by Crippen LogP contribution is 2.26. The minimum Gasteiger partial charge on any atom is -0.354 e. The van der Waals surface area contributed by atoms with Gasteiger partial charge in [-0.05, 0) is 44.0 Å². The number of aryl methyl sites for hydroxylation is 3. The van der Waals surface area contributed by atoms with Crippen LogP contribution in [0.15, 0.2) is 18.2 Å². The van der Waals surface area contributed by atoms with E-state index in [2.05, 4.69) is 49.2 Å². The quantitative estimate of drug-likeness (QED) is 0.849. The number of fused-ring (bicyclic) bond motifs is 1. The molecule has 1 aliphatic heterocycles. The second kappa shape index (κ2) is 4.82. The van der Waals surface area contributed by atoms with Crippen LogP contribution in [0, 0.1) is 20.8 Å². The summed E-state index contributed by atoms with van der Waals surface area (Å²) in [6, 6.07) is 6.69. The summed E-state index contributed by atoms with van der Waals surface area (Å²) in [6.07, 6.45) is 0. The van der Waals surface area contributed by atoms with Gasteiger partial charge in [0.25, 0.3) is 0 Å². The van der Waals surface area contributed by atoms with Gasteiger partial charge in [-0.25, -0.2) is 4.98 Å². The van der Waals surface area contributed by atoms with Crippen molar-refractivity contribution in [1.82, 2.24) is 10.3 Å². The van der Waals surface area contributed by atoms with Crippen LogP contribution in [0.2, 0.25) is 0 Å². The van der Waals surface area contributed by atoms with Gasteiger partial charge in [0.2, 0.25) is 0 Å². The molecule has 1 saturated heterocycles.